The number of Topliss-reactive ketones (excluding diaryl/α,β-unsaturated/α-hetero) is 2. The van der Waals surface area contributed by atoms with E-state index in [1.807, 2.05) is 0 Å². The molecule has 0 aliphatic heterocycles. The van der Waals surface area contributed by atoms with Crippen molar-refractivity contribution in [2.45, 2.75) is 66.1 Å². The van der Waals surface area contributed by atoms with E-state index in [-0.39, 0.29) is 24.5 Å². The number of hydrogen-bond donors (Lipinski definition) is 2. The molecule has 0 saturated heterocycles. The SMILES string of the molecule is CC(=O)C[C@](O)(C[C@H](O)C(C)C)C(=O)C(C)(C)C. The van der Waals surface area contributed by atoms with Gasteiger partial charge in [-0.25, -0.2) is 0 Å². The van der Waals surface area contributed by atoms with Crippen LogP contribution in [0.3, 0.4) is 0 Å². The van der Waals surface area contributed by atoms with Crippen LogP contribution in [0.15, 0.2) is 0 Å². The summed E-state index contributed by atoms with van der Waals surface area (Å²) >= 11 is 0. The summed E-state index contributed by atoms with van der Waals surface area (Å²) < 4.78 is 0. The van der Waals surface area contributed by atoms with Crippen molar-refractivity contribution >= 4 is 11.6 Å². The van der Waals surface area contributed by atoms with Crippen molar-refractivity contribution in [2.75, 3.05) is 0 Å². The molecule has 0 aromatic carbocycles. The van der Waals surface area contributed by atoms with E-state index in [1.54, 1.807) is 34.6 Å². The Morgan fingerprint density at radius 1 is 1.17 bits per heavy atom. The van der Waals surface area contributed by atoms with Gasteiger partial charge in [-0.15, -0.1) is 0 Å². The van der Waals surface area contributed by atoms with E-state index >= 15 is 0 Å². The Kier molecular flexibility index (Phi) is 5.69. The van der Waals surface area contributed by atoms with Crippen molar-refractivity contribution in [3.63, 3.8) is 0 Å². The Morgan fingerprint density at radius 2 is 1.61 bits per heavy atom. The van der Waals surface area contributed by atoms with Gasteiger partial charge in [-0.3, -0.25) is 9.59 Å². The van der Waals surface area contributed by atoms with Crippen molar-refractivity contribution in [1.82, 2.24) is 0 Å². The summed E-state index contributed by atoms with van der Waals surface area (Å²) in [6, 6.07) is 0. The zero-order valence-corrected chi connectivity index (χ0v) is 12.3. The van der Waals surface area contributed by atoms with Crippen LogP contribution >= 0.6 is 0 Å². The standard InChI is InChI=1S/C14H26O4/c1-9(2)11(16)8-14(18,7-10(3)15)12(17)13(4,5)6/h9,11,16,18H,7-8H2,1-6H3/t11-,14-/m0/s1. The molecule has 0 aliphatic rings. The second-order valence-corrected chi connectivity index (χ2v) is 6.50. The first-order valence-corrected chi connectivity index (χ1v) is 6.35. The summed E-state index contributed by atoms with van der Waals surface area (Å²) in [6.45, 7) is 10.0. The highest BCUT2D eigenvalue weighted by molar-refractivity contribution is 5.95. The molecular weight excluding hydrogens is 232 g/mol. The Balaban J connectivity index is 5.18. The highest BCUT2D eigenvalue weighted by atomic mass is 16.3. The summed E-state index contributed by atoms with van der Waals surface area (Å²) in [6.07, 6.45) is -1.15. The molecule has 0 aliphatic carbocycles. The summed E-state index contributed by atoms with van der Waals surface area (Å²) in [5, 5.41) is 20.3. The second-order valence-electron chi connectivity index (χ2n) is 6.50. The van der Waals surface area contributed by atoms with Gasteiger partial charge < -0.3 is 10.2 Å². The highest BCUT2D eigenvalue weighted by Gasteiger charge is 2.44. The van der Waals surface area contributed by atoms with Crippen LogP contribution in [0.4, 0.5) is 0 Å². The van der Waals surface area contributed by atoms with E-state index in [0.29, 0.717) is 0 Å². The minimum atomic E-state index is -1.77. The number of hydrogen-bond acceptors (Lipinski definition) is 4. The first-order chi connectivity index (χ1) is 7.90. The Bertz CT molecular complexity index is 314. The fourth-order valence-electron chi connectivity index (χ4n) is 1.94. The molecule has 0 rings (SSSR count). The molecule has 0 unspecified atom stereocenters. The van der Waals surface area contributed by atoms with Gasteiger partial charge >= 0.3 is 0 Å². The molecule has 18 heavy (non-hydrogen) atoms. The van der Waals surface area contributed by atoms with Crippen LogP contribution < -0.4 is 0 Å². The molecule has 0 saturated carbocycles. The third kappa shape index (κ3) is 4.86. The van der Waals surface area contributed by atoms with Crippen LogP contribution in [-0.4, -0.2) is 33.5 Å². The number of carbonyl (C=O) groups excluding carboxylic acids is 2. The van der Waals surface area contributed by atoms with Crippen LogP contribution in [0.1, 0.15) is 54.4 Å². The van der Waals surface area contributed by atoms with Crippen molar-refractivity contribution in [3.8, 4) is 0 Å². The molecule has 2 atom stereocenters. The van der Waals surface area contributed by atoms with Crippen LogP contribution in [0.2, 0.25) is 0 Å². The molecule has 4 nitrogen and oxygen atoms in total. The van der Waals surface area contributed by atoms with Crippen molar-refractivity contribution in [3.05, 3.63) is 0 Å². The summed E-state index contributed by atoms with van der Waals surface area (Å²) in [5.41, 5.74) is -2.52. The summed E-state index contributed by atoms with van der Waals surface area (Å²) in [4.78, 5) is 23.5. The van der Waals surface area contributed by atoms with E-state index in [1.165, 1.54) is 6.92 Å². The molecule has 106 valence electrons. The van der Waals surface area contributed by atoms with Gasteiger partial charge in [-0.1, -0.05) is 34.6 Å². The van der Waals surface area contributed by atoms with Gasteiger partial charge in [0.1, 0.15) is 11.4 Å². The maximum absolute atomic E-state index is 12.3. The van der Waals surface area contributed by atoms with Gasteiger partial charge in [0.2, 0.25) is 0 Å². The number of aliphatic hydroxyl groups excluding tert-OH is 1. The quantitative estimate of drug-likeness (QED) is 0.760. The van der Waals surface area contributed by atoms with E-state index in [9.17, 15) is 19.8 Å². The molecule has 0 heterocycles. The highest BCUT2D eigenvalue weighted by Crippen LogP contribution is 2.30. The van der Waals surface area contributed by atoms with Gasteiger partial charge in [0.05, 0.1) is 6.10 Å². The first-order valence-electron chi connectivity index (χ1n) is 6.35. The predicted molar refractivity (Wildman–Crippen MR) is 70.2 cm³/mol. The van der Waals surface area contributed by atoms with Gasteiger partial charge in [0.25, 0.3) is 0 Å². The van der Waals surface area contributed by atoms with E-state index < -0.39 is 22.9 Å². The zero-order chi connectivity index (χ0) is 14.7. The molecule has 0 fully saturated rings. The Labute approximate surface area is 109 Å². The van der Waals surface area contributed by atoms with E-state index in [4.69, 9.17) is 0 Å². The smallest absolute Gasteiger partial charge is 0.170 e. The van der Waals surface area contributed by atoms with Crippen molar-refractivity contribution < 1.29 is 19.8 Å². The summed E-state index contributed by atoms with van der Waals surface area (Å²) in [5.74, 6) is -0.729. The lowest BCUT2D eigenvalue weighted by molar-refractivity contribution is -0.153. The van der Waals surface area contributed by atoms with Crippen molar-refractivity contribution in [2.24, 2.45) is 11.3 Å². The topological polar surface area (TPSA) is 74.6 Å². The fourth-order valence-corrected chi connectivity index (χ4v) is 1.94. The van der Waals surface area contributed by atoms with Crippen LogP contribution in [-0.2, 0) is 9.59 Å². The Morgan fingerprint density at radius 3 is 1.89 bits per heavy atom. The molecule has 0 spiro atoms. The fraction of sp³-hybridized carbons (Fsp3) is 0.857. The maximum Gasteiger partial charge on any atom is 0.170 e. The van der Waals surface area contributed by atoms with Gasteiger partial charge in [-0.2, -0.15) is 0 Å². The molecule has 0 aromatic rings. The van der Waals surface area contributed by atoms with E-state index in [0.717, 1.165) is 0 Å². The molecule has 0 aromatic heterocycles. The monoisotopic (exact) mass is 258 g/mol. The molecule has 0 bridgehead atoms. The summed E-state index contributed by atoms with van der Waals surface area (Å²) in [7, 11) is 0. The average molecular weight is 258 g/mol. The number of aliphatic hydroxyl groups is 2. The van der Waals surface area contributed by atoms with Crippen LogP contribution in [0, 0.1) is 11.3 Å². The minimum Gasteiger partial charge on any atom is -0.393 e. The second kappa shape index (κ2) is 5.93. The van der Waals surface area contributed by atoms with Gasteiger partial charge in [0.15, 0.2) is 5.78 Å². The maximum atomic E-state index is 12.3. The lowest BCUT2D eigenvalue weighted by Gasteiger charge is -2.34. The largest absolute Gasteiger partial charge is 0.393 e. The third-order valence-corrected chi connectivity index (χ3v) is 2.96. The molecule has 0 radical (unpaired) electrons. The number of rotatable bonds is 6. The lowest BCUT2D eigenvalue weighted by atomic mass is 9.74. The average Bonchev–Trinajstić information content (AvgIpc) is 2.13. The molecular formula is C14H26O4. The molecule has 2 N–H and O–H groups in total. The van der Waals surface area contributed by atoms with Crippen molar-refractivity contribution in [1.29, 1.82) is 0 Å². The predicted octanol–water partition coefficient (Wildman–Crippen LogP) is 1.72. The number of carbonyl (C=O) groups is 2. The molecule has 4 heteroatoms. The van der Waals surface area contributed by atoms with Crippen LogP contribution in [0.5, 0.6) is 0 Å². The lowest BCUT2D eigenvalue weighted by Crippen LogP contribution is -2.49. The van der Waals surface area contributed by atoms with Gasteiger partial charge in [0, 0.05) is 18.3 Å². The number of ketones is 2. The minimum absolute atomic E-state index is 0.0729. The van der Waals surface area contributed by atoms with Gasteiger partial charge in [-0.05, 0) is 12.8 Å². The first kappa shape index (κ1) is 17.3. The normalized spacial score (nSPS) is 17.4. The Hall–Kier alpha value is -0.740. The van der Waals surface area contributed by atoms with Crippen LogP contribution in [0.25, 0.3) is 0 Å². The zero-order valence-electron chi connectivity index (χ0n) is 12.3. The third-order valence-electron chi connectivity index (χ3n) is 2.96. The van der Waals surface area contributed by atoms with E-state index in [2.05, 4.69) is 0 Å². The molecule has 0 amide bonds.